The van der Waals surface area contributed by atoms with E-state index in [1.54, 1.807) is 43.5 Å². The first-order chi connectivity index (χ1) is 11.5. The zero-order chi connectivity index (χ0) is 17.5. The van der Waals surface area contributed by atoms with Crippen molar-refractivity contribution in [2.75, 3.05) is 19.0 Å². The maximum absolute atomic E-state index is 11.8. The van der Waals surface area contributed by atoms with Crippen LogP contribution in [0.25, 0.3) is 0 Å². The molecular formula is C17H15Cl2NO4. The lowest BCUT2D eigenvalue weighted by Crippen LogP contribution is -2.21. The van der Waals surface area contributed by atoms with Gasteiger partial charge in [-0.05, 0) is 35.9 Å². The number of rotatable bonds is 6. The van der Waals surface area contributed by atoms with E-state index in [4.69, 9.17) is 32.7 Å². The largest absolute Gasteiger partial charge is 0.497 e. The second-order valence-electron chi connectivity index (χ2n) is 4.86. The van der Waals surface area contributed by atoms with Crippen molar-refractivity contribution in [3.8, 4) is 5.75 Å². The summed E-state index contributed by atoms with van der Waals surface area (Å²) in [5.74, 6) is -0.256. The van der Waals surface area contributed by atoms with Crippen LogP contribution in [0.5, 0.6) is 5.75 Å². The molecule has 5 nitrogen and oxygen atoms in total. The summed E-state index contributed by atoms with van der Waals surface area (Å²) in [5.41, 5.74) is 1.24. The van der Waals surface area contributed by atoms with E-state index in [9.17, 15) is 9.59 Å². The number of carbonyl (C=O) groups excluding carboxylic acids is 2. The van der Waals surface area contributed by atoms with Gasteiger partial charge in [-0.2, -0.15) is 0 Å². The van der Waals surface area contributed by atoms with Crippen molar-refractivity contribution in [2.45, 2.75) is 6.42 Å². The summed E-state index contributed by atoms with van der Waals surface area (Å²) in [6.07, 6.45) is 0.0735. The molecule has 0 aliphatic heterocycles. The molecular weight excluding hydrogens is 353 g/mol. The molecule has 0 atom stereocenters. The van der Waals surface area contributed by atoms with Gasteiger partial charge in [-0.1, -0.05) is 35.3 Å². The van der Waals surface area contributed by atoms with E-state index in [1.807, 2.05) is 0 Å². The number of benzene rings is 2. The van der Waals surface area contributed by atoms with Crippen molar-refractivity contribution in [2.24, 2.45) is 0 Å². The molecule has 1 amide bonds. The number of esters is 1. The first-order valence-electron chi connectivity index (χ1n) is 7.01. The molecule has 2 aromatic rings. The van der Waals surface area contributed by atoms with Crippen molar-refractivity contribution < 1.29 is 19.1 Å². The average molecular weight is 368 g/mol. The summed E-state index contributed by atoms with van der Waals surface area (Å²) in [6, 6.07) is 11.7. The van der Waals surface area contributed by atoms with E-state index in [0.717, 1.165) is 5.56 Å². The summed E-state index contributed by atoms with van der Waals surface area (Å²) in [7, 11) is 1.57. The molecule has 0 saturated heterocycles. The number of halogens is 2. The third-order valence-electron chi connectivity index (χ3n) is 3.08. The zero-order valence-corrected chi connectivity index (χ0v) is 14.4. The Kier molecular flexibility index (Phi) is 6.46. The zero-order valence-electron chi connectivity index (χ0n) is 12.8. The van der Waals surface area contributed by atoms with Crippen molar-refractivity contribution in [1.82, 2.24) is 0 Å². The lowest BCUT2D eigenvalue weighted by Gasteiger charge is -2.08. The van der Waals surface area contributed by atoms with Crippen LogP contribution in [0, 0.1) is 0 Å². The molecule has 24 heavy (non-hydrogen) atoms. The Hall–Kier alpha value is -2.24. The maximum Gasteiger partial charge on any atom is 0.310 e. The Balaban J connectivity index is 1.79. The summed E-state index contributed by atoms with van der Waals surface area (Å²) in [4.78, 5) is 23.5. The molecule has 0 heterocycles. The second kappa shape index (κ2) is 8.57. The van der Waals surface area contributed by atoms with Crippen molar-refractivity contribution in [3.05, 3.63) is 58.1 Å². The van der Waals surface area contributed by atoms with Gasteiger partial charge in [-0.25, -0.2) is 0 Å². The molecule has 0 radical (unpaired) electrons. The molecule has 0 aliphatic carbocycles. The molecule has 126 valence electrons. The summed E-state index contributed by atoms with van der Waals surface area (Å²) >= 11 is 11.7. The van der Waals surface area contributed by atoms with Crippen molar-refractivity contribution in [1.29, 1.82) is 0 Å². The van der Waals surface area contributed by atoms with Gasteiger partial charge in [-0.3, -0.25) is 9.59 Å². The Morgan fingerprint density at radius 2 is 1.75 bits per heavy atom. The summed E-state index contributed by atoms with van der Waals surface area (Å²) in [5, 5.41) is 3.28. The smallest absolute Gasteiger partial charge is 0.310 e. The lowest BCUT2D eigenvalue weighted by atomic mass is 10.1. The molecule has 1 N–H and O–H groups in total. The van der Waals surface area contributed by atoms with Gasteiger partial charge in [0.2, 0.25) is 0 Å². The second-order valence-corrected chi connectivity index (χ2v) is 5.68. The third kappa shape index (κ3) is 5.44. The minimum atomic E-state index is -0.496. The van der Waals surface area contributed by atoms with Gasteiger partial charge < -0.3 is 14.8 Å². The third-order valence-corrected chi connectivity index (χ3v) is 3.81. The van der Waals surface area contributed by atoms with Gasteiger partial charge >= 0.3 is 5.97 Å². The number of carbonyl (C=O) groups is 2. The van der Waals surface area contributed by atoms with Gasteiger partial charge in [0, 0.05) is 5.69 Å². The van der Waals surface area contributed by atoms with E-state index < -0.39 is 11.9 Å². The van der Waals surface area contributed by atoms with Crippen molar-refractivity contribution in [3.63, 3.8) is 0 Å². The maximum atomic E-state index is 11.8. The fourth-order valence-electron chi connectivity index (χ4n) is 1.88. The molecule has 0 aromatic heterocycles. The highest BCUT2D eigenvalue weighted by Crippen LogP contribution is 2.24. The quantitative estimate of drug-likeness (QED) is 0.790. The van der Waals surface area contributed by atoms with Gasteiger partial charge in [0.05, 0.1) is 23.6 Å². The van der Waals surface area contributed by atoms with E-state index >= 15 is 0 Å². The summed E-state index contributed by atoms with van der Waals surface area (Å²) in [6.45, 7) is -0.380. The van der Waals surface area contributed by atoms with Crippen LogP contribution in [0.4, 0.5) is 5.69 Å². The topological polar surface area (TPSA) is 64.6 Å². The van der Waals surface area contributed by atoms with E-state index in [1.165, 1.54) is 6.07 Å². The standard InChI is InChI=1S/C17H15Cl2NO4/c1-23-13-5-2-11(3-6-13)8-17(22)24-10-16(21)20-12-4-7-14(18)15(19)9-12/h2-7,9H,8,10H2,1H3,(H,20,21). The van der Waals surface area contributed by atoms with Crippen LogP contribution < -0.4 is 10.1 Å². The molecule has 0 aliphatic rings. The van der Waals surface area contributed by atoms with Crippen LogP contribution in [0.1, 0.15) is 5.56 Å². The Bertz CT molecular complexity index is 732. The van der Waals surface area contributed by atoms with Crippen LogP contribution in [0.15, 0.2) is 42.5 Å². The van der Waals surface area contributed by atoms with Gasteiger partial charge in [0.25, 0.3) is 5.91 Å². The Morgan fingerprint density at radius 1 is 1.04 bits per heavy atom. The lowest BCUT2D eigenvalue weighted by molar-refractivity contribution is -0.146. The predicted octanol–water partition coefficient (Wildman–Crippen LogP) is 3.73. The highest BCUT2D eigenvalue weighted by molar-refractivity contribution is 6.42. The number of nitrogens with one attached hydrogen (secondary N) is 1. The number of methoxy groups -OCH3 is 1. The highest BCUT2D eigenvalue weighted by Gasteiger charge is 2.10. The molecule has 7 heteroatoms. The molecule has 0 bridgehead atoms. The fourth-order valence-corrected chi connectivity index (χ4v) is 2.18. The molecule has 0 fully saturated rings. The fraction of sp³-hybridized carbons (Fsp3) is 0.176. The average Bonchev–Trinajstić information content (AvgIpc) is 2.57. The SMILES string of the molecule is COc1ccc(CC(=O)OCC(=O)Nc2ccc(Cl)c(Cl)c2)cc1. The number of amides is 1. The minimum absolute atomic E-state index is 0.0735. The number of hydrogen-bond donors (Lipinski definition) is 1. The Morgan fingerprint density at radius 3 is 2.38 bits per heavy atom. The van der Waals surface area contributed by atoms with Gasteiger partial charge in [0.1, 0.15) is 5.75 Å². The minimum Gasteiger partial charge on any atom is -0.497 e. The number of anilines is 1. The highest BCUT2D eigenvalue weighted by atomic mass is 35.5. The molecule has 2 aromatic carbocycles. The van der Waals surface area contributed by atoms with Gasteiger partial charge in [0.15, 0.2) is 6.61 Å². The van der Waals surface area contributed by atoms with Crippen LogP contribution >= 0.6 is 23.2 Å². The number of hydrogen-bond acceptors (Lipinski definition) is 4. The van der Waals surface area contributed by atoms with Crippen LogP contribution in [0.3, 0.4) is 0 Å². The number of ether oxygens (including phenoxy) is 2. The van der Waals surface area contributed by atoms with Crippen molar-refractivity contribution >= 4 is 40.8 Å². The first-order valence-corrected chi connectivity index (χ1v) is 7.77. The van der Waals surface area contributed by atoms with E-state index in [2.05, 4.69) is 5.32 Å². The predicted molar refractivity (Wildman–Crippen MR) is 92.7 cm³/mol. The van der Waals surface area contributed by atoms with E-state index in [-0.39, 0.29) is 13.0 Å². The van der Waals surface area contributed by atoms with Crippen LogP contribution in [-0.4, -0.2) is 25.6 Å². The first kappa shape index (κ1) is 18.1. The molecule has 0 spiro atoms. The monoisotopic (exact) mass is 367 g/mol. The molecule has 0 saturated carbocycles. The van der Waals surface area contributed by atoms with Crippen LogP contribution in [-0.2, 0) is 20.7 Å². The van der Waals surface area contributed by atoms with Gasteiger partial charge in [-0.15, -0.1) is 0 Å². The van der Waals surface area contributed by atoms with Crippen LogP contribution in [0.2, 0.25) is 10.0 Å². The normalized spacial score (nSPS) is 10.1. The molecule has 0 unspecified atom stereocenters. The Labute approximate surface area is 149 Å². The van der Waals surface area contributed by atoms with E-state index in [0.29, 0.717) is 21.5 Å². The molecule has 2 rings (SSSR count). The summed E-state index contributed by atoms with van der Waals surface area (Å²) < 4.78 is 9.99.